The van der Waals surface area contributed by atoms with Crippen LogP contribution in [0.3, 0.4) is 0 Å². The van der Waals surface area contributed by atoms with Crippen molar-refractivity contribution in [3.05, 3.63) is 0 Å². The lowest BCUT2D eigenvalue weighted by molar-refractivity contribution is -0.0614. The first kappa shape index (κ1) is 13.4. The maximum Gasteiger partial charge on any atom is 0.0729 e. The van der Waals surface area contributed by atoms with Crippen molar-refractivity contribution in [2.75, 3.05) is 6.61 Å². The van der Waals surface area contributed by atoms with Crippen LogP contribution in [0, 0.1) is 17.8 Å². The van der Waals surface area contributed by atoms with Gasteiger partial charge in [-0.05, 0) is 43.4 Å². The third-order valence-corrected chi connectivity index (χ3v) is 4.49. The van der Waals surface area contributed by atoms with Gasteiger partial charge in [0.1, 0.15) is 0 Å². The third-order valence-electron chi connectivity index (χ3n) is 4.49. The van der Waals surface area contributed by atoms with E-state index in [4.69, 9.17) is 4.74 Å². The highest BCUT2D eigenvalue weighted by atomic mass is 16.5. The van der Waals surface area contributed by atoms with Gasteiger partial charge in [-0.3, -0.25) is 0 Å². The van der Waals surface area contributed by atoms with Gasteiger partial charge in [0.25, 0.3) is 0 Å². The fourth-order valence-corrected chi connectivity index (χ4v) is 3.45. The fraction of sp³-hybridized carbons (Fsp3) is 1.00. The molecule has 0 aromatic rings. The standard InChI is InChI=1S/C15H29NO/c1-10(2)7-13-9-17-15-6-5-12(11(3)4)8-14(15)16-13/h10-16H,5-9H2,1-4H3. The lowest BCUT2D eigenvalue weighted by Crippen LogP contribution is -2.56. The molecule has 0 amide bonds. The summed E-state index contributed by atoms with van der Waals surface area (Å²) in [5.41, 5.74) is 0. The zero-order valence-corrected chi connectivity index (χ0v) is 11.9. The van der Waals surface area contributed by atoms with E-state index in [1.165, 1.54) is 25.7 Å². The Balaban J connectivity index is 1.88. The molecule has 2 nitrogen and oxygen atoms in total. The Bertz CT molecular complexity index is 239. The van der Waals surface area contributed by atoms with Crippen LogP contribution in [0.2, 0.25) is 0 Å². The molecule has 1 N–H and O–H groups in total. The molecule has 2 fully saturated rings. The lowest BCUT2D eigenvalue weighted by Gasteiger charge is -2.44. The molecule has 0 radical (unpaired) electrons. The average molecular weight is 239 g/mol. The fourth-order valence-electron chi connectivity index (χ4n) is 3.45. The minimum Gasteiger partial charge on any atom is -0.375 e. The summed E-state index contributed by atoms with van der Waals surface area (Å²) in [6.07, 6.45) is 5.67. The van der Waals surface area contributed by atoms with Gasteiger partial charge in [0.15, 0.2) is 0 Å². The van der Waals surface area contributed by atoms with Crippen molar-refractivity contribution < 1.29 is 4.74 Å². The molecule has 17 heavy (non-hydrogen) atoms. The molecule has 0 aromatic carbocycles. The Kier molecular flexibility index (Phi) is 4.48. The van der Waals surface area contributed by atoms with E-state index in [-0.39, 0.29) is 0 Å². The minimum atomic E-state index is 0.494. The molecule has 0 aromatic heterocycles. The number of nitrogens with one attached hydrogen (secondary N) is 1. The van der Waals surface area contributed by atoms with Crippen LogP contribution in [0.4, 0.5) is 0 Å². The Labute approximate surface area is 107 Å². The highest BCUT2D eigenvalue weighted by Crippen LogP contribution is 2.33. The predicted octanol–water partition coefficient (Wildman–Crippen LogP) is 3.21. The van der Waals surface area contributed by atoms with Crippen LogP contribution in [-0.2, 0) is 4.74 Å². The topological polar surface area (TPSA) is 21.3 Å². The second-order valence-electron chi connectivity index (χ2n) is 6.79. The lowest BCUT2D eigenvalue weighted by atomic mass is 9.77. The van der Waals surface area contributed by atoms with E-state index in [2.05, 4.69) is 33.0 Å². The zero-order valence-electron chi connectivity index (χ0n) is 11.9. The summed E-state index contributed by atoms with van der Waals surface area (Å²) in [4.78, 5) is 0. The molecular weight excluding hydrogens is 210 g/mol. The molecule has 2 rings (SSSR count). The maximum absolute atomic E-state index is 6.06. The Morgan fingerprint density at radius 2 is 1.94 bits per heavy atom. The summed E-state index contributed by atoms with van der Waals surface area (Å²) in [6.45, 7) is 10.2. The Morgan fingerprint density at radius 3 is 2.59 bits per heavy atom. The van der Waals surface area contributed by atoms with Crippen LogP contribution in [0.15, 0.2) is 0 Å². The van der Waals surface area contributed by atoms with Gasteiger partial charge in [-0.1, -0.05) is 27.7 Å². The highest BCUT2D eigenvalue weighted by molar-refractivity contribution is 4.92. The van der Waals surface area contributed by atoms with Crippen LogP contribution in [-0.4, -0.2) is 24.8 Å². The van der Waals surface area contributed by atoms with E-state index in [1.807, 2.05) is 0 Å². The van der Waals surface area contributed by atoms with Crippen molar-refractivity contribution >= 4 is 0 Å². The van der Waals surface area contributed by atoms with Gasteiger partial charge in [0, 0.05) is 12.1 Å². The molecule has 1 aliphatic carbocycles. The number of fused-ring (bicyclic) bond motifs is 1. The van der Waals surface area contributed by atoms with Crippen molar-refractivity contribution in [1.82, 2.24) is 5.32 Å². The number of hydrogen-bond donors (Lipinski definition) is 1. The van der Waals surface area contributed by atoms with Crippen molar-refractivity contribution in [3.8, 4) is 0 Å². The third kappa shape index (κ3) is 3.45. The quantitative estimate of drug-likeness (QED) is 0.816. The van der Waals surface area contributed by atoms with Crippen molar-refractivity contribution in [2.45, 2.75) is 71.6 Å². The monoisotopic (exact) mass is 239 g/mol. The molecule has 2 aliphatic rings. The Hall–Kier alpha value is -0.0800. The summed E-state index contributed by atoms with van der Waals surface area (Å²) in [5, 5.41) is 3.85. The van der Waals surface area contributed by atoms with Crippen molar-refractivity contribution in [2.24, 2.45) is 17.8 Å². The molecule has 0 spiro atoms. The van der Waals surface area contributed by atoms with E-state index in [0.29, 0.717) is 18.2 Å². The molecule has 1 saturated carbocycles. The molecule has 0 bridgehead atoms. The van der Waals surface area contributed by atoms with Crippen LogP contribution in [0.25, 0.3) is 0 Å². The molecule has 100 valence electrons. The van der Waals surface area contributed by atoms with E-state index in [0.717, 1.165) is 24.4 Å². The predicted molar refractivity (Wildman–Crippen MR) is 72.1 cm³/mol. The van der Waals surface area contributed by atoms with Gasteiger partial charge in [-0.25, -0.2) is 0 Å². The van der Waals surface area contributed by atoms with Crippen molar-refractivity contribution in [3.63, 3.8) is 0 Å². The van der Waals surface area contributed by atoms with E-state index in [9.17, 15) is 0 Å². The van der Waals surface area contributed by atoms with Crippen LogP contribution < -0.4 is 5.32 Å². The first-order valence-electron chi connectivity index (χ1n) is 7.44. The van der Waals surface area contributed by atoms with Gasteiger partial charge in [-0.2, -0.15) is 0 Å². The highest BCUT2D eigenvalue weighted by Gasteiger charge is 2.36. The number of morpholine rings is 1. The van der Waals surface area contributed by atoms with Crippen LogP contribution >= 0.6 is 0 Å². The van der Waals surface area contributed by atoms with Gasteiger partial charge < -0.3 is 10.1 Å². The van der Waals surface area contributed by atoms with Gasteiger partial charge in [0.2, 0.25) is 0 Å². The largest absolute Gasteiger partial charge is 0.375 e. The molecule has 1 heterocycles. The van der Waals surface area contributed by atoms with Gasteiger partial charge in [0.05, 0.1) is 12.7 Å². The average Bonchev–Trinajstić information content (AvgIpc) is 2.27. The zero-order chi connectivity index (χ0) is 12.4. The first-order chi connectivity index (χ1) is 8.06. The summed E-state index contributed by atoms with van der Waals surface area (Å²) < 4.78 is 6.06. The molecule has 1 saturated heterocycles. The second kappa shape index (κ2) is 5.71. The first-order valence-corrected chi connectivity index (χ1v) is 7.44. The molecule has 1 aliphatic heterocycles. The van der Waals surface area contributed by atoms with Crippen LogP contribution in [0.5, 0.6) is 0 Å². The normalized spacial score (nSPS) is 38.5. The Morgan fingerprint density at radius 1 is 1.18 bits per heavy atom. The minimum absolute atomic E-state index is 0.494. The van der Waals surface area contributed by atoms with Crippen LogP contribution in [0.1, 0.15) is 53.4 Å². The molecule has 4 atom stereocenters. The number of hydrogen-bond acceptors (Lipinski definition) is 2. The SMILES string of the molecule is CC(C)CC1COC2CCC(C(C)C)CC2N1. The molecule has 2 heteroatoms. The number of ether oxygens (including phenoxy) is 1. The van der Waals surface area contributed by atoms with E-state index >= 15 is 0 Å². The smallest absolute Gasteiger partial charge is 0.0729 e. The molecular formula is C15H29NO. The number of rotatable bonds is 3. The summed E-state index contributed by atoms with van der Waals surface area (Å²) in [7, 11) is 0. The van der Waals surface area contributed by atoms with E-state index < -0.39 is 0 Å². The maximum atomic E-state index is 6.06. The van der Waals surface area contributed by atoms with Gasteiger partial charge >= 0.3 is 0 Å². The van der Waals surface area contributed by atoms with E-state index in [1.54, 1.807) is 0 Å². The summed E-state index contributed by atoms with van der Waals surface area (Å²) in [6, 6.07) is 1.20. The summed E-state index contributed by atoms with van der Waals surface area (Å²) >= 11 is 0. The van der Waals surface area contributed by atoms with Crippen molar-refractivity contribution in [1.29, 1.82) is 0 Å². The van der Waals surface area contributed by atoms with Gasteiger partial charge in [-0.15, -0.1) is 0 Å². The molecule has 4 unspecified atom stereocenters. The second-order valence-corrected chi connectivity index (χ2v) is 6.79. The summed E-state index contributed by atoms with van der Waals surface area (Å²) in [5.74, 6) is 2.48.